The Bertz CT molecular complexity index is 660. The highest BCUT2D eigenvalue weighted by molar-refractivity contribution is 5.86. The standard InChI is InChI=1S/C17H22N2O/c1-3-10-11-8-9-18-15(10)14-12-6-4-5-7-13(12)19(2)16(14)17(11)20/h4-7,10-11,15,17-18,20H,3,8-9H2,1-2H3/t10?,11-,15+,17?/m0/s1. The van der Waals surface area contributed by atoms with E-state index < -0.39 is 0 Å². The summed E-state index contributed by atoms with van der Waals surface area (Å²) in [5, 5.41) is 15.9. The zero-order valence-corrected chi connectivity index (χ0v) is 12.1. The quantitative estimate of drug-likeness (QED) is 0.836. The molecule has 0 amide bonds. The maximum atomic E-state index is 10.9. The molecule has 2 unspecified atom stereocenters. The van der Waals surface area contributed by atoms with Gasteiger partial charge in [-0.2, -0.15) is 0 Å². The molecule has 0 saturated carbocycles. The second-order valence-electron chi connectivity index (χ2n) is 6.28. The molecule has 1 aliphatic carbocycles. The van der Waals surface area contributed by atoms with Crippen LogP contribution < -0.4 is 5.32 Å². The van der Waals surface area contributed by atoms with Gasteiger partial charge in [0.1, 0.15) is 0 Å². The lowest BCUT2D eigenvalue weighted by Gasteiger charge is -2.46. The number of nitrogens with zero attached hydrogens (tertiary/aromatic N) is 1. The molecule has 4 atom stereocenters. The van der Waals surface area contributed by atoms with Gasteiger partial charge >= 0.3 is 0 Å². The molecule has 4 rings (SSSR count). The van der Waals surface area contributed by atoms with Crippen molar-refractivity contribution < 1.29 is 5.11 Å². The van der Waals surface area contributed by atoms with Crippen molar-refractivity contribution in [2.75, 3.05) is 6.54 Å². The van der Waals surface area contributed by atoms with Crippen LogP contribution in [0.25, 0.3) is 10.9 Å². The molecule has 20 heavy (non-hydrogen) atoms. The molecule has 1 aliphatic heterocycles. The normalized spacial score (nSPS) is 32.4. The predicted molar refractivity (Wildman–Crippen MR) is 80.5 cm³/mol. The summed E-state index contributed by atoms with van der Waals surface area (Å²) in [4.78, 5) is 0. The van der Waals surface area contributed by atoms with Crippen LogP contribution in [-0.2, 0) is 7.05 Å². The minimum atomic E-state index is -0.314. The fourth-order valence-corrected chi connectivity index (χ4v) is 4.59. The zero-order chi connectivity index (χ0) is 13.9. The highest BCUT2D eigenvalue weighted by atomic mass is 16.3. The molecule has 0 spiro atoms. The number of aromatic nitrogens is 1. The molecule has 2 aromatic rings. The Kier molecular flexibility index (Phi) is 2.69. The molecule has 2 heterocycles. The van der Waals surface area contributed by atoms with Gasteiger partial charge in [-0.25, -0.2) is 0 Å². The molecule has 1 fully saturated rings. The van der Waals surface area contributed by atoms with E-state index in [4.69, 9.17) is 0 Å². The Hall–Kier alpha value is -1.32. The van der Waals surface area contributed by atoms with Gasteiger partial charge in [0.05, 0.1) is 11.8 Å². The summed E-state index contributed by atoms with van der Waals surface area (Å²) in [6, 6.07) is 8.94. The first-order valence-corrected chi connectivity index (χ1v) is 7.72. The van der Waals surface area contributed by atoms with Crippen LogP contribution in [0, 0.1) is 11.8 Å². The van der Waals surface area contributed by atoms with E-state index in [0.29, 0.717) is 17.9 Å². The molecular formula is C17H22N2O. The van der Waals surface area contributed by atoms with Crippen LogP contribution in [0.5, 0.6) is 0 Å². The summed E-state index contributed by atoms with van der Waals surface area (Å²) in [6.07, 6.45) is 1.89. The average Bonchev–Trinajstić information content (AvgIpc) is 2.78. The lowest BCUT2D eigenvalue weighted by Crippen LogP contribution is -2.46. The second-order valence-corrected chi connectivity index (χ2v) is 6.28. The van der Waals surface area contributed by atoms with Crippen LogP contribution in [0.4, 0.5) is 0 Å². The first kappa shape index (κ1) is 12.4. The summed E-state index contributed by atoms with van der Waals surface area (Å²) in [5.41, 5.74) is 3.72. The third-order valence-electron chi connectivity index (χ3n) is 5.48. The number of aryl methyl sites for hydroxylation is 1. The van der Waals surface area contributed by atoms with Gasteiger partial charge in [-0.3, -0.25) is 0 Å². The molecular weight excluding hydrogens is 248 g/mol. The van der Waals surface area contributed by atoms with Crippen LogP contribution in [0.3, 0.4) is 0 Å². The minimum Gasteiger partial charge on any atom is -0.387 e. The third kappa shape index (κ3) is 1.42. The molecule has 1 saturated heterocycles. The van der Waals surface area contributed by atoms with Crippen LogP contribution in [-0.4, -0.2) is 16.2 Å². The monoisotopic (exact) mass is 270 g/mol. The molecule has 3 nitrogen and oxygen atoms in total. The highest BCUT2D eigenvalue weighted by Crippen LogP contribution is 2.51. The zero-order valence-electron chi connectivity index (χ0n) is 12.1. The van der Waals surface area contributed by atoms with Crippen molar-refractivity contribution in [3.05, 3.63) is 35.5 Å². The molecule has 1 aromatic heterocycles. The number of nitrogens with one attached hydrogen (secondary N) is 1. The van der Waals surface area contributed by atoms with E-state index in [0.717, 1.165) is 25.1 Å². The summed E-state index contributed by atoms with van der Waals surface area (Å²) < 4.78 is 2.20. The number of rotatable bonds is 1. The van der Waals surface area contributed by atoms with E-state index in [1.807, 2.05) is 0 Å². The SMILES string of the molecule is CCC1[C@@H]2CCN[C@H]1c1c(n(C)c3ccccc13)C2O. The first-order chi connectivity index (χ1) is 9.74. The average molecular weight is 270 g/mol. The third-order valence-corrected chi connectivity index (χ3v) is 5.48. The van der Waals surface area contributed by atoms with Crippen LogP contribution in [0.1, 0.15) is 43.2 Å². The van der Waals surface area contributed by atoms with Gasteiger partial charge in [0.15, 0.2) is 0 Å². The van der Waals surface area contributed by atoms with Crippen molar-refractivity contribution in [2.45, 2.75) is 31.9 Å². The topological polar surface area (TPSA) is 37.2 Å². The molecule has 2 bridgehead atoms. The van der Waals surface area contributed by atoms with E-state index in [2.05, 4.69) is 48.1 Å². The number of piperidine rings is 1. The summed E-state index contributed by atoms with van der Waals surface area (Å²) >= 11 is 0. The molecule has 1 aromatic carbocycles. The van der Waals surface area contributed by atoms with Gasteiger partial charge in [-0.05, 0) is 30.9 Å². The number of fused-ring (bicyclic) bond motifs is 6. The predicted octanol–water partition coefficient (Wildman–Crippen LogP) is 2.90. The number of hydrogen-bond donors (Lipinski definition) is 2. The fraction of sp³-hybridized carbons (Fsp3) is 0.529. The Morgan fingerprint density at radius 2 is 2.15 bits per heavy atom. The number of benzene rings is 1. The largest absolute Gasteiger partial charge is 0.387 e. The summed E-state index contributed by atoms with van der Waals surface area (Å²) in [5.74, 6) is 0.957. The number of para-hydroxylation sites is 1. The van der Waals surface area contributed by atoms with Crippen molar-refractivity contribution in [2.24, 2.45) is 18.9 Å². The van der Waals surface area contributed by atoms with Crippen LogP contribution >= 0.6 is 0 Å². The van der Waals surface area contributed by atoms with Gasteiger partial charge in [0.2, 0.25) is 0 Å². The van der Waals surface area contributed by atoms with Gasteiger partial charge in [-0.15, -0.1) is 0 Å². The smallest absolute Gasteiger partial charge is 0.0975 e. The van der Waals surface area contributed by atoms with E-state index >= 15 is 0 Å². The summed E-state index contributed by atoms with van der Waals surface area (Å²) in [7, 11) is 2.09. The lowest BCUT2D eigenvalue weighted by molar-refractivity contribution is 0.0111. The maximum Gasteiger partial charge on any atom is 0.0975 e. The highest BCUT2D eigenvalue weighted by Gasteiger charge is 2.45. The van der Waals surface area contributed by atoms with Crippen molar-refractivity contribution in [3.63, 3.8) is 0 Å². The van der Waals surface area contributed by atoms with Crippen LogP contribution in [0.15, 0.2) is 24.3 Å². The first-order valence-electron chi connectivity index (χ1n) is 7.72. The minimum absolute atomic E-state index is 0.314. The number of hydrogen-bond acceptors (Lipinski definition) is 2. The maximum absolute atomic E-state index is 10.9. The molecule has 2 aliphatic rings. The second kappa shape index (κ2) is 4.34. The van der Waals surface area contributed by atoms with Crippen LogP contribution in [0.2, 0.25) is 0 Å². The Morgan fingerprint density at radius 3 is 2.95 bits per heavy atom. The molecule has 3 heteroatoms. The van der Waals surface area contributed by atoms with E-state index in [9.17, 15) is 5.11 Å². The summed E-state index contributed by atoms with van der Waals surface area (Å²) in [6.45, 7) is 3.27. The van der Waals surface area contributed by atoms with Crippen molar-refractivity contribution in [1.29, 1.82) is 0 Å². The fourth-order valence-electron chi connectivity index (χ4n) is 4.59. The Labute approximate surface area is 119 Å². The lowest BCUT2D eigenvalue weighted by atomic mass is 9.68. The van der Waals surface area contributed by atoms with Gasteiger partial charge in [-0.1, -0.05) is 31.5 Å². The van der Waals surface area contributed by atoms with Gasteiger partial charge in [0, 0.05) is 29.6 Å². The van der Waals surface area contributed by atoms with Crippen molar-refractivity contribution >= 4 is 10.9 Å². The molecule has 106 valence electrons. The Balaban J connectivity index is 2.04. The van der Waals surface area contributed by atoms with Gasteiger partial charge < -0.3 is 15.0 Å². The van der Waals surface area contributed by atoms with E-state index in [1.54, 1.807) is 0 Å². The van der Waals surface area contributed by atoms with Crippen molar-refractivity contribution in [1.82, 2.24) is 9.88 Å². The number of aliphatic hydroxyl groups is 1. The van der Waals surface area contributed by atoms with E-state index in [-0.39, 0.29) is 6.10 Å². The number of aliphatic hydroxyl groups excluding tert-OH is 1. The molecule has 2 N–H and O–H groups in total. The van der Waals surface area contributed by atoms with Crippen molar-refractivity contribution in [3.8, 4) is 0 Å². The van der Waals surface area contributed by atoms with Gasteiger partial charge in [0.25, 0.3) is 0 Å². The molecule has 0 radical (unpaired) electrons. The van der Waals surface area contributed by atoms with E-state index in [1.165, 1.54) is 16.5 Å². The Morgan fingerprint density at radius 1 is 1.35 bits per heavy atom.